The average Bonchev–Trinajstić information content (AvgIpc) is 2.44. The van der Waals surface area contributed by atoms with Crippen LogP contribution < -0.4 is 15.4 Å². The van der Waals surface area contributed by atoms with Crippen molar-refractivity contribution in [2.45, 2.75) is 37.8 Å². The van der Waals surface area contributed by atoms with Gasteiger partial charge in [0.2, 0.25) is 15.9 Å². The summed E-state index contributed by atoms with van der Waals surface area (Å²) in [6, 6.07) is 4.09. The maximum absolute atomic E-state index is 13.5. The molecule has 132 valence electrons. The van der Waals surface area contributed by atoms with Gasteiger partial charge in [-0.2, -0.15) is 4.72 Å². The quantitative estimate of drug-likeness (QED) is 0.640. The highest BCUT2D eigenvalue weighted by Crippen LogP contribution is 2.13. The SMILES string of the molecule is CCN[C@H](C)CNC(=O)C(C)NS(=O)(=O)c1ccccc1F.Cl. The zero-order valence-corrected chi connectivity index (χ0v) is 14.9. The topological polar surface area (TPSA) is 87.3 Å². The van der Waals surface area contributed by atoms with Crippen molar-refractivity contribution in [2.75, 3.05) is 13.1 Å². The smallest absolute Gasteiger partial charge is 0.244 e. The Morgan fingerprint density at radius 2 is 1.87 bits per heavy atom. The number of carbonyl (C=O) groups excluding carboxylic acids is 1. The van der Waals surface area contributed by atoms with E-state index in [2.05, 4.69) is 15.4 Å². The molecule has 1 aromatic carbocycles. The normalized spacial score (nSPS) is 13.7. The van der Waals surface area contributed by atoms with Gasteiger partial charge in [0.05, 0.1) is 6.04 Å². The van der Waals surface area contributed by atoms with Gasteiger partial charge in [-0.05, 0) is 32.5 Å². The van der Waals surface area contributed by atoms with Crippen LogP contribution in [0.4, 0.5) is 4.39 Å². The lowest BCUT2D eigenvalue weighted by Gasteiger charge is -2.17. The van der Waals surface area contributed by atoms with E-state index in [9.17, 15) is 17.6 Å². The van der Waals surface area contributed by atoms with Crippen LogP contribution in [0.1, 0.15) is 20.8 Å². The molecule has 0 saturated carbocycles. The second-order valence-electron chi connectivity index (χ2n) is 4.98. The van der Waals surface area contributed by atoms with Gasteiger partial charge in [-0.15, -0.1) is 12.4 Å². The highest BCUT2D eigenvalue weighted by Gasteiger charge is 2.24. The summed E-state index contributed by atoms with van der Waals surface area (Å²) in [6.45, 7) is 6.40. The molecule has 0 saturated heterocycles. The maximum Gasteiger partial charge on any atom is 0.244 e. The lowest BCUT2D eigenvalue weighted by atomic mass is 10.3. The molecule has 3 N–H and O–H groups in total. The van der Waals surface area contributed by atoms with Crippen molar-refractivity contribution < 1.29 is 17.6 Å². The van der Waals surface area contributed by atoms with Crippen LogP contribution in [0.2, 0.25) is 0 Å². The Kier molecular flexibility index (Phi) is 9.29. The highest BCUT2D eigenvalue weighted by molar-refractivity contribution is 7.89. The average molecular weight is 368 g/mol. The van der Waals surface area contributed by atoms with Gasteiger partial charge in [-0.1, -0.05) is 19.1 Å². The van der Waals surface area contributed by atoms with E-state index in [0.717, 1.165) is 18.7 Å². The molecule has 0 heterocycles. The van der Waals surface area contributed by atoms with E-state index in [1.54, 1.807) is 0 Å². The number of nitrogens with one attached hydrogen (secondary N) is 3. The molecule has 23 heavy (non-hydrogen) atoms. The number of rotatable bonds is 8. The molecule has 0 aromatic heterocycles. The standard InChI is InChI=1S/C14H22FN3O3S.ClH/c1-4-16-10(2)9-17-14(19)11(3)18-22(20,21)13-8-6-5-7-12(13)15;/h5-8,10-11,16,18H,4,9H2,1-3H3,(H,17,19);1H/t10-,11?;/m1./s1. The molecule has 0 aliphatic heterocycles. The maximum atomic E-state index is 13.5. The molecule has 1 aromatic rings. The number of sulfonamides is 1. The van der Waals surface area contributed by atoms with E-state index < -0.39 is 32.7 Å². The summed E-state index contributed by atoms with van der Waals surface area (Å²) in [6.07, 6.45) is 0. The van der Waals surface area contributed by atoms with Crippen molar-refractivity contribution in [3.05, 3.63) is 30.1 Å². The Morgan fingerprint density at radius 1 is 1.26 bits per heavy atom. The molecule has 2 atom stereocenters. The summed E-state index contributed by atoms with van der Waals surface area (Å²) in [5.41, 5.74) is 0. The number of benzene rings is 1. The third kappa shape index (κ3) is 6.82. The minimum Gasteiger partial charge on any atom is -0.353 e. The number of hydrogen-bond acceptors (Lipinski definition) is 4. The summed E-state index contributed by atoms with van der Waals surface area (Å²) in [4.78, 5) is 11.4. The fourth-order valence-electron chi connectivity index (χ4n) is 1.84. The first kappa shape index (κ1) is 21.8. The van der Waals surface area contributed by atoms with Gasteiger partial charge in [0.15, 0.2) is 0 Å². The molecule has 0 aliphatic carbocycles. The van der Waals surface area contributed by atoms with Gasteiger partial charge in [0.25, 0.3) is 0 Å². The fraction of sp³-hybridized carbons (Fsp3) is 0.500. The second-order valence-corrected chi connectivity index (χ2v) is 6.66. The molecule has 1 amide bonds. The summed E-state index contributed by atoms with van der Waals surface area (Å²) in [5.74, 6) is -1.33. The van der Waals surface area contributed by atoms with Crippen molar-refractivity contribution >= 4 is 28.3 Å². The van der Waals surface area contributed by atoms with E-state index in [-0.39, 0.29) is 18.4 Å². The van der Waals surface area contributed by atoms with Gasteiger partial charge in [0, 0.05) is 12.6 Å². The van der Waals surface area contributed by atoms with Crippen LogP contribution >= 0.6 is 12.4 Å². The third-order valence-electron chi connectivity index (χ3n) is 2.99. The van der Waals surface area contributed by atoms with Crippen molar-refractivity contribution in [3.8, 4) is 0 Å². The number of likely N-dealkylation sites (N-methyl/N-ethyl adjacent to an activating group) is 1. The van der Waals surface area contributed by atoms with Gasteiger partial charge in [-0.25, -0.2) is 12.8 Å². The Labute approximate surface area is 142 Å². The Morgan fingerprint density at radius 3 is 2.43 bits per heavy atom. The monoisotopic (exact) mass is 367 g/mol. The fourth-order valence-corrected chi connectivity index (χ4v) is 3.12. The minimum absolute atomic E-state index is 0. The van der Waals surface area contributed by atoms with Gasteiger partial charge in [0.1, 0.15) is 10.7 Å². The van der Waals surface area contributed by atoms with Gasteiger partial charge in [-0.3, -0.25) is 4.79 Å². The third-order valence-corrected chi connectivity index (χ3v) is 4.56. The first-order chi connectivity index (χ1) is 10.3. The van der Waals surface area contributed by atoms with Crippen LogP contribution in [-0.2, 0) is 14.8 Å². The highest BCUT2D eigenvalue weighted by atomic mass is 35.5. The van der Waals surface area contributed by atoms with Crippen LogP contribution in [0.5, 0.6) is 0 Å². The second kappa shape index (κ2) is 9.82. The summed E-state index contributed by atoms with van der Waals surface area (Å²) < 4.78 is 39.8. The lowest BCUT2D eigenvalue weighted by molar-refractivity contribution is -0.122. The zero-order chi connectivity index (χ0) is 16.8. The lowest BCUT2D eigenvalue weighted by Crippen LogP contribution is -2.48. The molecule has 0 radical (unpaired) electrons. The number of amides is 1. The number of halogens is 2. The largest absolute Gasteiger partial charge is 0.353 e. The van der Waals surface area contributed by atoms with E-state index in [0.29, 0.717) is 6.54 Å². The van der Waals surface area contributed by atoms with E-state index >= 15 is 0 Å². The van der Waals surface area contributed by atoms with Crippen LogP contribution in [0, 0.1) is 5.82 Å². The van der Waals surface area contributed by atoms with Crippen LogP contribution in [0.25, 0.3) is 0 Å². The summed E-state index contributed by atoms with van der Waals surface area (Å²) >= 11 is 0. The molecule has 0 spiro atoms. The first-order valence-corrected chi connectivity index (χ1v) is 8.54. The predicted octanol–water partition coefficient (Wildman–Crippen LogP) is 1.03. The van der Waals surface area contributed by atoms with Crippen LogP contribution in [0.15, 0.2) is 29.2 Å². The van der Waals surface area contributed by atoms with Crippen LogP contribution in [-0.4, -0.2) is 39.5 Å². The Bertz CT molecular complexity index is 613. The van der Waals surface area contributed by atoms with Crippen molar-refractivity contribution in [1.82, 2.24) is 15.4 Å². The van der Waals surface area contributed by atoms with Crippen LogP contribution in [0.3, 0.4) is 0 Å². The predicted molar refractivity (Wildman–Crippen MR) is 89.6 cm³/mol. The zero-order valence-electron chi connectivity index (χ0n) is 13.3. The molecule has 6 nitrogen and oxygen atoms in total. The first-order valence-electron chi connectivity index (χ1n) is 7.06. The Balaban J connectivity index is 0.00000484. The molecular formula is C14H23ClFN3O3S. The number of hydrogen-bond donors (Lipinski definition) is 3. The molecule has 0 aliphatic rings. The van der Waals surface area contributed by atoms with Gasteiger partial charge >= 0.3 is 0 Å². The molecule has 0 fully saturated rings. The molecule has 0 bridgehead atoms. The van der Waals surface area contributed by atoms with E-state index in [4.69, 9.17) is 0 Å². The molecular weight excluding hydrogens is 345 g/mol. The number of carbonyl (C=O) groups is 1. The minimum atomic E-state index is -4.09. The molecule has 9 heteroatoms. The van der Waals surface area contributed by atoms with Gasteiger partial charge < -0.3 is 10.6 Å². The summed E-state index contributed by atoms with van der Waals surface area (Å²) in [7, 11) is -4.09. The van der Waals surface area contributed by atoms with E-state index in [1.807, 2.05) is 13.8 Å². The van der Waals surface area contributed by atoms with Crippen molar-refractivity contribution in [2.24, 2.45) is 0 Å². The van der Waals surface area contributed by atoms with E-state index in [1.165, 1.54) is 19.1 Å². The van der Waals surface area contributed by atoms with Crippen molar-refractivity contribution in [3.63, 3.8) is 0 Å². The van der Waals surface area contributed by atoms with Crippen molar-refractivity contribution in [1.29, 1.82) is 0 Å². The Hall–Kier alpha value is -1.22. The summed E-state index contributed by atoms with van der Waals surface area (Å²) in [5, 5.41) is 5.75. The molecule has 1 unspecified atom stereocenters. The molecule has 1 rings (SSSR count).